The molecule has 206 valence electrons. The van der Waals surface area contributed by atoms with Crippen LogP contribution < -0.4 is 15.9 Å². The zero-order chi connectivity index (χ0) is 27.4. The van der Waals surface area contributed by atoms with Crippen molar-refractivity contribution in [2.45, 2.75) is 70.1 Å². The number of imide groups is 1. The van der Waals surface area contributed by atoms with E-state index in [0.29, 0.717) is 37.1 Å². The second-order valence-corrected chi connectivity index (χ2v) is 11.3. The van der Waals surface area contributed by atoms with Crippen LogP contribution in [0.15, 0.2) is 23.0 Å². The molecule has 3 fully saturated rings. The van der Waals surface area contributed by atoms with Gasteiger partial charge in [0.2, 0.25) is 11.8 Å². The van der Waals surface area contributed by atoms with Gasteiger partial charge in [0.1, 0.15) is 17.8 Å². The molecular formula is C26H34FN5O6. The molecule has 3 atom stereocenters. The molecule has 3 aliphatic heterocycles. The SMILES string of the molecule is Cn1c(=O)n(C2CCC(=O)NC2=O)c2cccc(N3CC(O[C@@H]4CCN(C(=O)OC(C)(C)C)C[C@H]4F)C3)c21. The number of halogens is 1. The van der Waals surface area contributed by atoms with Crippen LogP contribution in [0.2, 0.25) is 0 Å². The van der Waals surface area contributed by atoms with E-state index >= 15 is 0 Å². The lowest BCUT2D eigenvalue weighted by Gasteiger charge is -2.44. The van der Waals surface area contributed by atoms with E-state index in [1.807, 2.05) is 12.1 Å². The van der Waals surface area contributed by atoms with Gasteiger partial charge < -0.3 is 19.3 Å². The molecule has 1 N–H and O–H groups in total. The molecule has 5 rings (SSSR count). The van der Waals surface area contributed by atoms with Crippen molar-refractivity contribution in [3.8, 4) is 0 Å². The quantitative estimate of drug-likeness (QED) is 0.599. The summed E-state index contributed by atoms with van der Waals surface area (Å²) < 4.78 is 29.3. The number of ether oxygens (including phenoxy) is 2. The summed E-state index contributed by atoms with van der Waals surface area (Å²) in [6.45, 7) is 6.68. The largest absolute Gasteiger partial charge is 0.444 e. The molecule has 38 heavy (non-hydrogen) atoms. The van der Waals surface area contributed by atoms with Crippen molar-refractivity contribution < 1.29 is 28.2 Å². The van der Waals surface area contributed by atoms with E-state index in [0.717, 1.165) is 5.69 Å². The lowest BCUT2D eigenvalue weighted by Crippen LogP contribution is -2.57. The highest BCUT2D eigenvalue weighted by molar-refractivity contribution is 6.00. The summed E-state index contributed by atoms with van der Waals surface area (Å²) in [6.07, 6.45) is -1.78. The van der Waals surface area contributed by atoms with E-state index in [4.69, 9.17) is 9.47 Å². The number of nitrogens with zero attached hydrogens (tertiary/aromatic N) is 4. The van der Waals surface area contributed by atoms with E-state index in [-0.39, 0.29) is 37.1 Å². The molecule has 3 saturated heterocycles. The molecule has 11 nitrogen and oxygen atoms in total. The Morgan fingerprint density at radius 3 is 2.50 bits per heavy atom. The fraction of sp³-hybridized carbons (Fsp3) is 0.615. The van der Waals surface area contributed by atoms with Gasteiger partial charge in [0.15, 0.2) is 0 Å². The maximum Gasteiger partial charge on any atom is 0.410 e. The van der Waals surface area contributed by atoms with Crippen LogP contribution in [0.4, 0.5) is 14.9 Å². The first kappa shape index (κ1) is 26.2. The molecule has 2 aromatic rings. The average molecular weight is 532 g/mol. The molecule has 0 saturated carbocycles. The van der Waals surface area contributed by atoms with Gasteiger partial charge >= 0.3 is 11.8 Å². The molecule has 1 aromatic carbocycles. The highest BCUT2D eigenvalue weighted by Gasteiger charge is 2.39. The Kier molecular flexibility index (Phi) is 6.70. The third-order valence-electron chi connectivity index (χ3n) is 7.29. The van der Waals surface area contributed by atoms with Gasteiger partial charge in [-0.25, -0.2) is 14.0 Å². The van der Waals surface area contributed by atoms with E-state index in [1.165, 1.54) is 14.0 Å². The van der Waals surface area contributed by atoms with E-state index in [9.17, 15) is 23.6 Å². The number of para-hydroxylation sites is 1. The van der Waals surface area contributed by atoms with Gasteiger partial charge in [-0.2, -0.15) is 0 Å². The summed E-state index contributed by atoms with van der Waals surface area (Å²) in [4.78, 5) is 53.0. The number of benzene rings is 1. The van der Waals surface area contributed by atoms with Gasteiger partial charge in [0, 0.05) is 33.1 Å². The molecule has 0 aliphatic carbocycles. The number of amides is 3. The first-order chi connectivity index (χ1) is 17.9. The minimum atomic E-state index is -1.31. The van der Waals surface area contributed by atoms with Crippen molar-refractivity contribution in [2.75, 3.05) is 31.1 Å². The maximum atomic E-state index is 14.9. The Morgan fingerprint density at radius 2 is 1.84 bits per heavy atom. The second-order valence-electron chi connectivity index (χ2n) is 11.3. The number of alkyl halides is 1. The Bertz CT molecular complexity index is 1320. The van der Waals surface area contributed by atoms with Gasteiger partial charge in [0.05, 0.1) is 35.5 Å². The fourth-order valence-corrected chi connectivity index (χ4v) is 5.40. The molecule has 0 spiro atoms. The Morgan fingerprint density at radius 1 is 1.11 bits per heavy atom. The molecule has 3 aliphatic rings. The standard InChI is InChI=1S/C26H34FN5O6/c1-26(2,3)38-25(36)30-11-10-20(16(27)14-30)37-15-12-31(13-15)17-6-5-7-18-22(17)29(4)24(35)32(18)19-8-9-21(33)28-23(19)34/h5-7,15-16,19-20H,8-14H2,1-4H3,(H,28,33,34)/t16-,19?,20-/m1/s1. The van der Waals surface area contributed by atoms with Gasteiger partial charge in [-0.05, 0) is 45.7 Å². The smallest absolute Gasteiger partial charge is 0.410 e. The lowest BCUT2D eigenvalue weighted by atomic mass is 10.0. The predicted molar refractivity (Wildman–Crippen MR) is 137 cm³/mol. The third kappa shape index (κ3) is 4.89. The highest BCUT2D eigenvalue weighted by atomic mass is 19.1. The normalized spacial score (nSPS) is 24.9. The molecule has 0 radical (unpaired) electrons. The summed E-state index contributed by atoms with van der Waals surface area (Å²) in [7, 11) is 1.66. The van der Waals surface area contributed by atoms with Crippen LogP contribution in [-0.2, 0) is 26.1 Å². The molecular weight excluding hydrogens is 497 g/mol. The van der Waals surface area contributed by atoms with Gasteiger partial charge in [-0.15, -0.1) is 0 Å². The Labute approximate surface area is 219 Å². The fourth-order valence-electron chi connectivity index (χ4n) is 5.40. The highest BCUT2D eigenvalue weighted by Crippen LogP contribution is 2.33. The predicted octanol–water partition coefficient (Wildman–Crippen LogP) is 1.87. The number of rotatable bonds is 4. The topological polar surface area (TPSA) is 115 Å². The number of fused-ring (bicyclic) bond motifs is 1. The molecule has 4 heterocycles. The molecule has 0 bridgehead atoms. The number of hydrogen-bond donors (Lipinski definition) is 1. The summed E-state index contributed by atoms with van der Waals surface area (Å²) in [5, 5.41) is 2.32. The van der Waals surface area contributed by atoms with Crippen molar-refractivity contribution >= 4 is 34.6 Å². The molecule has 12 heteroatoms. The minimum Gasteiger partial charge on any atom is -0.444 e. The van der Waals surface area contributed by atoms with E-state index in [1.54, 1.807) is 33.9 Å². The lowest BCUT2D eigenvalue weighted by molar-refractivity contribution is -0.135. The number of piperidine rings is 2. The number of carbonyl (C=O) groups excluding carboxylic acids is 3. The summed E-state index contributed by atoms with van der Waals surface area (Å²) in [5.74, 6) is -0.810. The maximum absolute atomic E-state index is 14.9. The molecule has 3 amide bonds. The Balaban J connectivity index is 1.25. The van der Waals surface area contributed by atoms with Crippen molar-refractivity contribution in [3.63, 3.8) is 0 Å². The third-order valence-corrected chi connectivity index (χ3v) is 7.29. The zero-order valence-electron chi connectivity index (χ0n) is 22.1. The number of imidazole rings is 1. The van der Waals surface area contributed by atoms with Crippen LogP contribution in [0, 0.1) is 0 Å². The second kappa shape index (κ2) is 9.72. The van der Waals surface area contributed by atoms with Crippen LogP contribution in [-0.4, -0.2) is 82.1 Å². The van der Waals surface area contributed by atoms with E-state index < -0.39 is 35.9 Å². The number of hydrogen-bond acceptors (Lipinski definition) is 7. The van der Waals surface area contributed by atoms with Gasteiger partial charge in [-0.3, -0.25) is 24.0 Å². The van der Waals surface area contributed by atoms with Crippen LogP contribution in [0.1, 0.15) is 46.1 Å². The van der Waals surface area contributed by atoms with Crippen molar-refractivity contribution in [3.05, 3.63) is 28.7 Å². The number of aromatic nitrogens is 2. The number of anilines is 1. The van der Waals surface area contributed by atoms with Crippen molar-refractivity contribution in [2.24, 2.45) is 7.05 Å². The van der Waals surface area contributed by atoms with E-state index in [2.05, 4.69) is 10.2 Å². The van der Waals surface area contributed by atoms with Crippen LogP contribution in [0.3, 0.4) is 0 Å². The summed E-state index contributed by atoms with van der Waals surface area (Å²) in [5.41, 5.74) is 1.17. The average Bonchev–Trinajstić information content (AvgIpc) is 3.06. The van der Waals surface area contributed by atoms with Gasteiger partial charge in [-0.1, -0.05) is 6.07 Å². The van der Waals surface area contributed by atoms with Crippen molar-refractivity contribution in [1.82, 2.24) is 19.4 Å². The number of aryl methyl sites for hydroxylation is 1. The number of nitrogens with one attached hydrogen (secondary N) is 1. The van der Waals surface area contributed by atoms with Crippen LogP contribution >= 0.6 is 0 Å². The number of carbonyl (C=O) groups is 3. The first-order valence-corrected chi connectivity index (χ1v) is 13.0. The van der Waals surface area contributed by atoms with Crippen LogP contribution in [0.25, 0.3) is 11.0 Å². The molecule has 1 aromatic heterocycles. The first-order valence-electron chi connectivity index (χ1n) is 13.0. The molecule has 1 unspecified atom stereocenters. The monoisotopic (exact) mass is 531 g/mol. The number of likely N-dealkylation sites (tertiary alicyclic amines) is 1. The van der Waals surface area contributed by atoms with Crippen LogP contribution in [0.5, 0.6) is 0 Å². The van der Waals surface area contributed by atoms with Gasteiger partial charge in [0.25, 0.3) is 0 Å². The minimum absolute atomic E-state index is 0.0642. The Hall–Kier alpha value is -3.41. The van der Waals surface area contributed by atoms with Crippen molar-refractivity contribution in [1.29, 1.82) is 0 Å². The summed E-state index contributed by atoms with van der Waals surface area (Å²) >= 11 is 0. The summed E-state index contributed by atoms with van der Waals surface area (Å²) in [6, 6.07) is 4.78. The zero-order valence-corrected chi connectivity index (χ0v) is 22.1.